The van der Waals surface area contributed by atoms with E-state index in [4.69, 9.17) is 9.47 Å². The molecule has 0 radical (unpaired) electrons. The molecule has 5 heteroatoms. The van der Waals surface area contributed by atoms with E-state index in [-0.39, 0.29) is 23.6 Å². The quantitative estimate of drug-likeness (QED) is 0.407. The largest absolute Gasteiger partial charge is 0.465 e. The highest BCUT2D eigenvalue weighted by atomic mass is 32.1. The van der Waals surface area contributed by atoms with Crippen molar-refractivity contribution in [2.45, 2.75) is 37.5 Å². The number of nitrogens with one attached hydrogen (secondary N) is 1. The predicted molar refractivity (Wildman–Crippen MR) is 56.7 cm³/mol. The number of cyclic esters (lactones) is 1. The predicted octanol–water partition coefficient (Wildman–Crippen LogP) is 0.326. The van der Waals surface area contributed by atoms with Crippen molar-refractivity contribution in [1.29, 1.82) is 0 Å². The fourth-order valence-electron chi connectivity index (χ4n) is 3.16. The lowest BCUT2D eigenvalue weighted by Crippen LogP contribution is -2.45. The minimum Gasteiger partial charge on any atom is -0.465 e. The van der Waals surface area contributed by atoms with Crippen LogP contribution in [0.15, 0.2) is 0 Å². The van der Waals surface area contributed by atoms with Crippen LogP contribution in [-0.2, 0) is 14.3 Å². The number of esters is 1. The minimum absolute atomic E-state index is 0.0423. The average molecular weight is 229 g/mol. The molecular formula is C10H15NO3S. The van der Waals surface area contributed by atoms with Crippen LogP contribution in [0.5, 0.6) is 0 Å². The summed E-state index contributed by atoms with van der Waals surface area (Å²) in [7, 11) is 0. The molecule has 0 aliphatic carbocycles. The molecule has 0 aromatic heterocycles. The third-order valence-corrected chi connectivity index (χ3v) is 4.16. The van der Waals surface area contributed by atoms with Gasteiger partial charge in [0.2, 0.25) is 0 Å². The summed E-state index contributed by atoms with van der Waals surface area (Å²) < 4.78 is 10.9. The summed E-state index contributed by atoms with van der Waals surface area (Å²) in [5.41, 5.74) is -0.306. The third kappa shape index (κ3) is 1.26. The van der Waals surface area contributed by atoms with Gasteiger partial charge in [0.1, 0.15) is 0 Å². The van der Waals surface area contributed by atoms with E-state index in [1.165, 1.54) is 0 Å². The molecule has 4 nitrogen and oxygen atoms in total. The second-order valence-corrected chi connectivity index (χ2v) is 4.93. The van der Waals surface area contributed by atoms with Crippen molar-refractivity contribution in [2.24, 2.45) is 5.41 Å². The van der Waals surface area contributed by atoms with Gasteiger partial charge in [-0.1, -0.05) is 0 Å². The van der Waals surface area contributed by atoms with E-state index in [2.05, 4.69) is 17.9 Å². The summed E-state index contributed by atoms with van der Waals surface area (Å²) in [6.07, 6.45) is 2.81. The SMILES string of the molecule is O=C1OCCC12CC1OC2CC1NCS. The first-order valence-corrected chi connectivity index (χ1v) is 6.06. The van der Waals surface area contributed by atoms with Crippen LogP contribution >= 0.6 is 12.6 Å². The monoisotopic (exact) mass is 229 g/mol. The summed E-state index contributed by atoms with van der Waals surface area (Å²) in [6.45, 7) is 0.566. The Labute approximate surface area is 94.1 Å². The molecule has 3 aliphatic rings. The Morgan fingerprint density at radius 1 is 1.60 bits per heavy atom. The van der Waals surface area contributed by atoms with Gasteiger partial charge < -0.3 is 14.8 Å². The Kier molecular flexibility index (Phi) is 2.23. The molecule has 0 aromatic rings. The smallest absolute Gasteiger partial charge is 0.314 e. The van der Waals surface area contributed by atoms with E-state index in [1.807, 2.05) is 0 Å². The number of fused-ring (bicyclic) bond motifs is 3. The van der Waals surface area contributed by atoms with Crippen LogP contribution in [0.1, 0.15) is 19.3 Å². The zero-order chi connectivity index (χ0) is 10.5. The van der Waals surface area contributed by atoms with E-state index in [0.29, 0.717) is 18.5 Å². The summed E-state index contributed by atoms with van der Waals surface area (Å²) in [6, 6.07) is 0.367. The first kappa shape index (κ1) is 9.93. The van der Waals surface area contributed by atoms with Crippen molar-refractivity contribution in [3.05, 3.63) is 0 Å². The summed E-state index contributed by atoms with van der Waals surface area (Å²) in [5, 5.41) is 3.28. The maximum Gasteiger partial charge on any atom is 0.314 e. The molecule has 3 saturated heterocycles. The van der Waals surface area contributed by atoms with Gasteiger partial charge >= 0.3 is 5.97 Å². The molecule has 3 rings (SSSR count). The molecule has 0 amide bonds. The van der Waals surface area contributed by atoms with Crippen molar-refractivity contribution in [3.63, 3.8) is 0 Å². The maximum atomic E-state index is 11.7. The number of rotatable bonds is 2. The number of thiol groups is 1. The van der Waals surface area contributed by atoms with Crippen molar-refractivity contribution in [3.8, 4) is 0 Å². The van der Waals surface area contributed by atoms with E-state index in [9.17, 15) is 4.79 Å². The Hall–Kier alpha value is -0.260. The summed E-state index contributed by atoms with van der Waals surface area (Å²) in [4.78, 5) is 11.7. The normalized spacial score (nSPS) is 47.8. The van der Waals surface area contributed by atoms with E-state index < -0.39 is 0 Å². The Bertz CT molecular complexity index is 298. The Balaban J connectivity index is 1.77. The molecule has 1 spiro atoms. The standard InChI is InChI=1S/C10H15NO3S/c12-9-10(1-2-13-9)4-7-6(11-5-15)3-8(10)14-7/h6-8,11,15H,1-5H2. The highest BCUT2D eigenvalue weighted by molar-refractivity contribution is 7.80. The topological polar surface area (TPSA) is 47.6 Å². The number of hydrogen-bond donors (Lipinski definition) is 2. The van der Waals surface area contributed by atoms with Crippen LogP contribution in [0, 0.1) is 5.41 Å². The fourth-order valence-corrected chi connectivity index (χ4v) is 3.40. The summed E-state index contributed by atoms with van der Waals surface area (Å²) in [5.74, 6) is 0.619. The van der Waals surface area contributed by atoms with Crippen LogP contribution < -0.4 is 5.32 Å². The minimum atomic E-state index is -0.306. The second kappa shape index (κ2) is 3.37. The lowest BCUT2D eigenvalue weighted by molar-refractivity contribution is -0.148. The first-order chi connectivity index (χ1) is 7.26. The molecule has 1 N–H and O–H groups in total. The molecular weight excluding hydrogens is 214 g/mol. The van der Waals surface area contributed by atoms with Crippen molar-refractivity contribution in [2.75, 3.05) is 12.5 Å². The zero-order valence-corrected chi connectivity index (χ0v) is 9.33. The van der Waals surface area contributed by atoms with Crippen molar-refractivity contribution < 1.29 is 14.3 Å². The van der Waals surface area contributed by atoms with E-state index >= 15 is 0 Å². The van der Waals surface area contributed by atoms with Gasteiger partial charge in [-0.05, 0) is 12.8 Å². The summed E-state index contributed by atoms with van der Waals surface area (Å²) >= 11 is 4.15. The Morgan fingerprint density at radius 3 is 3.00 bits per heavy atom. The van der Waals surface area contributed by atoms with Gasteiger partial charge in [0.25, 0.3) is 0 Å². The third-order valence-electron chi connectivity index (χ3n) is 3.98. The fraction of sp³-hybridized carbons (Fsp3) is 0.900. The van der Waals surface area contributed by atoms with E-state index in [0.717, 1.165) is 19.3 Å². The van der Waals surface area contributed by atoms with Crippen LogP contribution in [-0.4, -0.2) is 36.7 Å². The molecule has 4 unspecified atom stereocenters. The van der Waals surface area contributed by atoms with E-state index in [1.54, 1.807) is 0 Å². The van der Waals surface area contributed by atoms with Crippen LogP contribution in [0.2, 0.25) is 0 Å². The molecule has 2 bridgehead atoms. The number of carbonyl (C=O) groups is 1. The van der Waals surface area contributed by atoms with Gasteiger partial charge in [-0.25, -0.2) is 0 Å². The lowest BCUT2D eigenvalue weighted by atomic mass is 9.71. The molecule has 3 heterocycles. The van der Waals surface area contributed by atoms with Crippen molar-refractivity contribution >= 4 is 18.6 Å². The average Bonchev–Trinajstić information content (AvgIpc) is 2.85. The van der Waals surface area contributed by atoms with Crippen LogP contribution in [0.3, 0.4) is 0 Å². The highest BCUT2D eigenvalue weighted by Gasteiger charge is 2.62. The second-order valence-electron chi connectivity index (χ2n) is 4.61. The molecule has 3 fully saturated rings. The molecule has 15 heavy (non-hydrogen) atoms. The highest BCUT2D eigenvalue weighted by Crippen LogP contribution is 2.52. The molecule has 84 valence electrons. The van der Waals surface area contributed by atoms with Gasteiger partial charge in [-0.15, -0.1) is 0 Å². The Morgan fingerprint density at radius 2 is 2.47 bits per heavy atom. The number of carbonyl (C=O) groups excluding carboxylic acids is 1. The lowest BCUT2D eigenvalue weighted by Gasteiger charge is -2.30. The van der Waals surface area contributed by atoms with Gasteiger partial charge in [-0.3, -0.25) is 4.79 Å². The van der Waals surface area contributed by atoms with Gasteiger partial charge in [0, 0.05) is 18.3 Å². The van der Waals surface area contributed by atoms with Crippen LogP contribution in [0.4, 0.5) is 0 Å². The van der Waals surface area contributed by atoms with Gasteiger partial charge in [0.15, 0.2) is 0 Å². The number of ether oxygens (including phenoxy) is 2. The number of hydrogen-bond acceptors (Lipinski definition) is 5. The molecule has 0 saturated carbocycles. The molecule has 4 atom stereocenters. The van der Waals surface area contributed by atoms with Crippen molar-refractivity contribution in [1.82, 2.24) is 5.32 Å². The molecule has 0 aromatic carbocycles. The van der Waals surface area contributed by atoms with Gasteiger partial charge in [-0.2, -0.15) is 12.6 Å². The maximum absolute atomic E-state index is 11.7. The van der Waals surface area contributed by atoms with Gasteiger partial charge in [0.05, 0.1) is 24.2 Å². The first-order valence-electron chi connectivity index (χ1n) is 5.43. The molecule has 3 aliphatic heterocycles. The van der Waals surface area contributed by atoms with Crippen LogP contribution in [0.25, 0.3) is 0 Å². The zero-order valence-electron chi connectivity index (χ0n) is 8.44.